The SMILES string of the molecule is Cn1ccn(-c2ccc(CCCN)cc2)c1=O. The number of benzene rings is 1. The molecule has 0 saturated heterocycles. The molecule has 0 aliphatic rings. The van der Waals surface area contributed by atoms with E-state index in [-0.39, 0.29) is 5.69 Å². The second-order valence-electron chi connectivity index (χ2n) is 4.12. The summed E-state index contributed by atoms with van der Waals surface area (Å²) in [6, 6.07) is 8.02. The molecule has 1 heterocycles. The largest absolute Gasteiger partial charge is 0.332 e. The van der Waals surface area contributed by atoms with Gasteiger partial charge in [0.15, 0.2) is 0 Å². The van der Waals surface area contributed by atoms with Crippen molar-refractivity contribution < 1.29 is 0 Å². The van der Waals surface area contributed by atoms with Crippen LogP contribution in [0.5, 0.6) is 0 Å². The molecule has 0 aliphatic carbocycles. The minimum Gasteiger partial charge on any atom is -0.330 e. The number of nitrogens with two attached hydrogens (primary N) is 1. The minimum absolute atomic E-state index is 0.0280. The lowest BCUT2D eigenvalue weighted by atomic mass is 10.1. The first-order valence-electron chi connectivity index (χ1n) is 5.76. The van der Waals surface area contributed by atoms with Crippen molar-refractivity contribution in [3.8, 4) is 5.69 Å². The highest BCUT2D eigenvalue weighted by Gasteiger charge is 2.02. The van der Waals surface area contributed by atoms with Crippen LogP contribution in [-0.4, -0.2) is 15.7 Å². The van der Waals surface area contributed by atoms with E-state index < -0.39 is 0 Å². The Labute approximate surface area is 100 Å². The molecule has 2 rings (SSSR count). The van der Waals surface area contributed by atoms with Gasteiger partial charge in [-0.2, -0.15) is 0 Å². The summed E-state index contributed by atoms with van der Waals surface area (Å²) < 4.78 is 3.19. The van der Waals surface area contributed by atoms with E-state index in [9.17, 15) is 4.79 Å². The highest BCUT2D eigenvalue weighted by atomic mass is 16.1. The maximum absolute atomic E-state index is 11.7. The van der Waals surface area contributed by atoms with Gasteiger partial charge in [-0.1, -0.05) is 12.1 Å². The van der Waals surface area contributed by atoms with E-state index in [1.165, 1.54) is 5.56 Å². The fourth-order valence-electron chi connectivity index (χ4n) is 1.79. The second-order valence-corrected chi connectivity index (χ2v) is 4.12. The van der Waals surface area contributed by atoms with Gasteiger partial charge in [0.25, 0.3) is 0 Å². The van der Waals surface area contributed by atoms with Crippen LogP contribution in [0.2, 0.25) is 0 Å². The molecule has 0 aliphatic heterocycles. The maximum atomic E-state index is 11.7. The third-order valence-corrected chi connectivity index (χ3v) is 2.83. The average molecular weight is 231 g/mol. The summed E-state index contributed by atoms with van der Waals surface area (Å²) in [7, 11) is 1.74. The molecule has 0 unspecified atom stereocenters. The van der Waals surface area contributed by atoms with Gasteiger partial charge in [0.2, 0.25) is 0 Å². The highest BCUT2D eigenvalue weighted by molar-refractivity contribution is 5.34. The smallest absolute Gasteiger partial charge is 0.330 e. The lowest BCUT2D eigenvalue weighted by Gasteiger charge is -2.03. The van der Waals surface area contributed by atoms with Crippen LogP contribution in [0.4, 0.5) is 0 Å². The van der Waals surface area contributed by atoms with Crippen LogP contribution < -0.4 is 11.4 Å². The Morgan fingerprint density at radius 3 is 2.41 bits per heavy atom. The van der Waals surface area contributed by atoms with Crippen molar-refractivity contribution in [3.63, 3.8) is 0 Å². The summed E-state index contributed by atoms with van der Waals surface area (Å²) >= 11 is 0. The second kappa shape index (κ2) is 5.01. The van der Waals surface area contributed by atoms with Crippen LogP contribution >= 0.6 is 0 Å². The molecule has 0 atom stereocenters. The number of hydrogen-bond acceptors (Lipinski definition) is 2. The zero-order valence-electron chi connectivity index (χ0n) is 9.97. The average Bonchev–Trinajstić information content (AvgIpc) is 2.68. The molecular formula is C13H17N3O. The monoisotopic (exact) mass is 231 g/mol. The number of rotatable bonds is 4. The molecule has 4 heteroatoms. The highest BCUT2D eigenvalue weighted by Crippen LogP contribution is 2.09. The molecule has 1 aromatic heterocycles. The van der Waals surface area contributed by atoms with Crippen molar-refractivity contribution in [2.75, 3.05) is 6.54 Å². The van der Waals surface area contributed by atoms with Crippen LogP contribution in [-0.2, 0) is 13.5 Å². The van der Waals surface area contributed by atoms with Gasteiger partial charge in [-0.15, -0.1) is 0 Å². The Hall–Kier alpha value is -1.81. The van der Waals surface area contributed by atoms with Crippen molar-refractivity contribution in [1.82, 2.24) is 9.13 Å². The summed E-state index contributed by atoms with van der Waals surface area (Å²) in [5, 5.41) is 0. The molecule has 0 amide bonds. The topological polar surface area (TPSA) is 52.9 Å². The van der Waals surface area contributed by atoms with Crippen LogP contribution in [0.15, 0.2) is 41.5 Å². The van der Waals surface area contributed by atoms with Crippen molar-refractivity contribution in [2.45, 2.75) is 12.8 Å². The molecule has 1 aromatic carbocycles. The Balaban J connectivity index is 2.23. The first kappa shape index (κ1) is 11.7. The Morgan fingerprint density at radius 1 is 1.18 bits per heavy atom. The fourth-order valence-corrected chi connectivity index (χ4v) is 1.79. The van der Waals surface area contributed by atoms with E-state index in [4.69, 9.17) is 5.73 Å². The fraction of sp³-hybridized carbons (Fsp3) is 0.308. The lowest BCUT2D eigenvalue weighted by Crippen LogP contribution is -2.20. The molecule has 0 spiro atoms. The normalized spacial score (nSPS) is 10.7. The van der Waals surface area contributed by atoms with Gasteiger partial charge < -0.3 is 10.3 Å². The van der Waals surface area contributed by atoms with E-state index in [1.807, 2.05) is 24.3 Å². The molecule has 17 heavy (non-hydrogen) atoms. The molecule has 0 radical (unpaired) electrons. The van der Waals surface area contributed by atoms with E-state index in [0.717, 1.165) is 18.5 Å². The molecule has 0 fully saturated rings. The molecule has 0 saturated carbocycles. The van der Waals surface area contributed by atoms with E-state index in [2.05, 4.69) is 0 Å². The van der Waals surface area contributed by atoms with Gasteiger partial charge in [-0.3, -0.25) is 4.57 Å². The first-order chi connectivity index (χ1) is 8.22. The Bertz CT molecular complexity index is 537. The quantitative estimate of drug-likeness (QED) is 0.855. The third kappa shape index (κ3) is 2.47. The summed E-state index contributed by atoms with van der Waals surface area (Å²) in [5.74, 6) is 0. The van der Waals surface area contributed by atoms with E-state index in [1.54, 1.807) is 28.6 Å². The summed E-state index contributed by atoms with van der Waals surface area (Å²) in [6.45, 7) is 0.708. The maximum Gasteiger partial charge on any atom is 0.332 e. The van der Waals surface area contributed by atoms with Crippen LogP contribution in [0.1, 0.15) is 12.0 Å². The zero-order valence-corrected chi connectivity index (χ0v) is 9.97. The molecule has 4 nitrogen and oxygen atoms in total. The lowest BCUT2D eigenvalue weighted by molar-refractivity contribution is 0.820. The van der Waals surface area contributed by atoms with Crippen LogP contribution in [0.3, 0.4) is 0 Å². The molecule has 0 bridgehead atoms. The number of aromatic nitrogens is 2. The van der Waals surface area contributed by atoms with Crippen LogP contribution in [0.25, 0.3) is 5.69 Å². The summed E-state index contributed by atoms with van der Waals surface area (Å²) in [6.07, 6.45) is 5.51. The van der Waals surface area contributed by atoms with Crippen molar-refractivity contribution >= 4 is 0 Å². The van der Waals surface area contributed by atoms with Crippen molar-refractivity contribution in [2.24, 2.45) is 12.8 Å². The van der Waals surface area contributed by atoms with Gasteiger partial charge >= 0.3 is 5.69 Å². The first-order valence-corrected chi connectivity index (χ1v) is 5.76. The summed E-state index contributed by atoms with van der Waals surface area (Å²) in [4.78, 5) is 11.7. The van der Waals surface area contributed by atoms with Gasteiger partial charge in [-0.05, 0) is 37.1 Å². The number of nitrogens with zero attached hydrogens (tertiary/aromatic N) is 2. The predicted molar refractivity (Wildman–Crippen MR) is 68.4 cm³/mol. The standard InChI is InChI=1S/C13H17N3O/c1-15-9-10-16(13(15)17)12-6-4-11(5-7-12)3-2-8-14/h4-7,9-10H,2-3,8,14H2,1H3. The van der Waals surface area contributed by atoms with Crippen molar-refractivity contribution in [3.05, 3.63) is 52.7 Å². The number of imidazole rings is 1. The summed E-state index contributed by atoms with van der Waals surface area (Å²) in [5.41, 5.74) is 7.59. The number of hydrogen-bond donors (Lipinski definition) is 1. The molecule has 90 valence electrons. The van der Waals surface area contributed by atoms with E-state index in [0.29, 0.717) is 6.54 Å². The van der Waals surface area contributed by atoms with Crippen LogP contribution in [0, 0.1) is 0 Å². The van der Waals surface area contributed by atoms with Crippen molar-refractivity contribution in [1.29, 1.82) is 0 Å². The van der Waals surface area contributed by atoms with E-state index >= 15 is 0 Å². The van der Waals surface area contributed by atoms with Gasteiger partial charge in [0.05, 0.1) is 5.69 Å². The Kier molecular flexibility index (Phi) is 3.44. The van der Waals surface area contributed by atoms with Gasteiger partial charge in [-0.25, -0.2) is 4.79 Å². The zero-order chi connectivity index (χ0) is 12.3. The molecule has 2 aromatic rings. The van der Waals surface area contributed by atoms with Gasteiger partial charge in [0, 0.05) is 19.4 Å². The molecule has 2 N–H and O–H groups in total. The minimum atomic E-state index is -0.0280. The van der Waals surface area contributed by atoms with Gasteiger partial charge in [0.1, 0.15) is 0 Å². The number of aryl methyl sites for hydroxylation is 2. The Morgan fingerprint density at radius 2 is 1.88 bits per heavy atom. The molecular weight excluding hydrogens is 214 g/mol. The third-order valence-electron chi connectivity index (χ3n) is 2.83. The predicted octanol–water partition coefficient (Wildman–Crippen LogP) is 1.07.